The number of alkyl halides is 3. The van der Waals surface area contributed by atoms with E-state index in [-0.39, 0.29) is 22.9 Å². The van der Waals surface area contributed by atoms with E-state index in [4.69, 9.17) is 0 Å². The van der Waals surface area contributed by atoms with Crippen molar-refractivity contribution in [3.63, 3.8) is 0 Å². The predicted molar refractivity (Wildman–Crippen MR) is 67.1 cm³/mol. The lowest BCUT2D eigenvalue weighted by molar-refractivity contribution is -0.0329. The summed E-state index contributed by atoms with van der Waals surface area (Å²) in [6.07, 6.45) is 4.08. The molecular formula is C12H22F3NS. The Balaban J connectivity index is 2.31. The summed E-state index contributed by atoms with van der Waals surface area (Å²) in [4.78, 5) is 0. The van der Waals surface area contributed by atoms with Crippen LogP contribution in [-0.2, 0) is 0 Å². The maximum atomic E-state index is 12.1. The van der Waals surface area contributed by atoms with Gasteiger partial charge >= 0.3 is 5.51 Å². The van der Waals surface area contributed by atoms with Crippen LogP contribution < -0.4 is 5.32 Å². The largest absolute Gasteiger partial charge is 0.441 e. The van der Waals surface area contributed by atoms with E-state index in [1.54, 1.807) is 0 Å². The number of hydrogen-bond acceptors (Lipinski definition) is 2. The Morgan fingerprint density at radius 2 is 1.94 bits per heavy atom. The van der Waals surface area contributed by atoms with Gasteiger partial charge in [-0.15, -0.1) is 0 Å². The molecule has 0 bridgehead atoms. The van der Waals surface area contributed by atoms with E-state index in [1.165, 1.54) is 12.8 Å². The van der Waals surface area contributed by atoms with Crippen LogP contribution in [-0.4, -0.2) is 24.4 Å². The van der Waals surface area contributed by atoms with E-state index in [0.717, 1.165) is 19.5 Å². The third-order valence-corrected chi connectivity index (χ3v) is 4.19. The second-order valence-corrected chi connectivity index (χ2v) is 6.31. The van der Waals surface area contributed by atoms with Gasteiger partial charge in [-0.25, -0.2) is 0 Å². The van der Waals surface area contributed by atoms with Crippen molar-refractivity contribution < 1.29 is 13.2 Å². The van der Waals surface area contributed by atoms with Crippen molar-refractivity contribution in [2.45, 2.75) is 45.0 Å². The Labute approximate surface area is 106 Å². The molecule has 1 aliphatic carbocycles. The van der Waals surface area contributed by atoms with Crippen molar-refractivity contribution >= 4 is 11.8 Å². The topological polar surface area (TPSA) is 12.0 Å². The van der Waals surface area contributed by atoms with Crippen molar-refractivity contribution in [3.05, 3.63) is 0 Å². The van der Waals surface area contributed by atoms with Gasteiger partial charge in [0.25, 0.3) is 0 Å². The van der Waals surface area contributed by atoms with Gasteiger partial charge in [0.05, 0.1) is 0 Å². The van der Waals surface area contributed by atoms with E-state index in [2.05, 4.69) is 19.2 Å². The summed E-state index contributed by atoms with van der Waals surface area (Å²) >= 11 is 0.117. The van der Waals surface area contributed by atoms with Crippen LogP contribution in [0.5, 0.6) is 0 Å². The van der Waals surface area contributed by atoms with Crippen LogP contribution in [0.1, 0.15) is 39.5 Å². The smallest absolute Gasteiger partial charge is 0.316 e. The molecule has 17 heavy (non-hydrogen) atoms. The molecule has 1 nitrogen and oxygen atoms in total. The van der Waals surface area contributed by atoms with Gasteiger partial charge in [0, 0.05) is 12.3 Å². The van der Waals surface area contributed by atoms with E-state index < -0.39 is 5.51 Å². The first kappa shape index (κ1) is 15.2. The number of halogens is 3. The first-order valence-electron chi connectivity index (χ1n) is 6.29. The summed E-state index contributed by atoms with van der Waals surface area (Å²) in [6.45, 7) is 6.03. The zero-order valence-electron chi connectivity index (χ0n) is 10.6. The van der Waals surface area contributed by atoms with Crippen LogP contribution in [0.15, 0.2) is 0 Å². The van der Waals surface area contributed by atoms with Gasteiger partial charge in [0.2, 0.25) is 0 Å². The van der Waals surface area contributed by atoms with Crippen molar-refractivity contribution in [2.24, 2.45) is 11.3 Å². The quantitative estimate of drug-likeness (QED) is 0.667. The molecule has 0 spiro atoms. The summed E-state index contributed by atoms with van der Waals surface area (Å²) in [5.74, 6) is 0.810. The normalized spacial score (nSPS) is 20.3. The minimum atomic E-state index is -4.08. The summed E-state index contributed by atoms with van der Waals surface area (Å²) in [5, 5.41) is 3.35. The highest BCUT2D eigenvalue weighted by Crippen LogP contribution is 2.48. The van der Waals surface area contributed by atoms with Crippen LogP contribution in [0.2, 0.25) is 0 Å². The summed E-state index contributed by atoms with van der Waals surface area (Å²) < 4.78 is 36.3. The third-order valence-electron chi connectivity index (χ3n) is 3.46. The summed E-state index contributed by atoms with van der Waals surface area (Å²) in [5.41, 5.74) is -4.03. The van der Waals surface area contributed by atoms with Crippen molar-refractivity contribution in [1.82, 2.24) is 5.32 Å². The van der Waals surface area contributed by atoms with Crippen molar-refractivity contribution in [2.75, 3.05) is 18.8 Å². The van der Waals surface area contributed by atoms with Crippen LogP contribution in [0, 0.1) is 11.3 Å². The lowest BCUT2D eigenvalue weighted by Crippen LogP contribution is -2.34. The van der Waals surface area contributed by atoms with Crippen LogP contribution in [0.4, 0.5) is 13.2 Å². The molecule has 0 heterocycles. The summed E-state index contributed by atoms with van der Waals surface area (Å²) in [7, 11) is 0. The van der Waals surface area contributed by atoms with Crippen molar-refractivity contribution in [3.8, 4) is 0 Å². The zero-order chi connectivity index (χ0) is 12.9. The van der Waals surface area contributed by atoms with E-state index in [9.17, 15) is 13.2 Å². The van der Waals surface area contributed by atoms with Gasteiger partial charge < -0.3 is 5.32 Å². The molecule has 0 aromatic rings. The molecule has 1 aliphatic rings. The molecule has 1 atom stereocenters. The van der Waals surface area contributed by atoms with Gasteiger partial charge in [-0.05, 0) is 43.6 Å². The number of hydrogen-bond donors (Lipinski definition) is 1. The molecule has 0 aliphatic heterocycles. The average Bonchev–Trinajstić information content (AvgIpc) is 2.99. The monoisotopic (exact) mass is 269 g/mol. The van der Waals surface area contributed by atoms with Gasteiger partial charge in [-0.1, -0.05) is 25.6 Å². The van der Waals surface area contributed by atoms with Gasteiger partial charge in [-0.2, -0.15) is 13.2 Å². The van der Waals surface area contributed by atoms with Crippen LogP contribution in [0.3, 0.4) is 0 Å². The Morgan fingerprint density at radius 1 is 1.29 bits per heavy atom. The fourth-order valence-electron chi connectivity index (χ4n) is 2.17. The Morgan fingerprint density at radius 3 is 2.41 bits per heavy atom. The standard InChI is InChI=1S/C12H22F3NS/c1-3-7-16-9-11(2,10-4-5-10)6-8-17-12(13,14)15/h10,16H,3-9H2,1-2H3. The lowest BCUT2D eigenvalue weighted by atomic mass is 9.82. The molecule has 1 rings (SSSR count). The highest BCUT2D eigenvalue weighted by molar-refractivity contribution is 8.00. The highest BCUT2D eigenvalue weighted by atomic mass is 32.2. The minimum Gasteiger partial charge on any atom is -0.316 e. The van der Waals surface area contributed by atoms with Crippen LogP contribution >= 0.6 is 11.8 Å². The second-order valence-electron chi connectivity index (χ2n) is 5.15. The maximum absolute atomic E-state index is 12.1. The first-order valence-corrected chi connectivity index (χ1v) is 7.27. The van der Waals surface area contributed by atoms with E-state index >= 15 is 0 Å². The number of nitrogens with one attached hydrogen (secondary N) is 1. The Bertz CT molecular complexity index is 228. The van der Waals surface area contributed by atoms with E-state index in [0.29, 0.717) is 12.3 Å². The molecule has 0 aromatic carbocycles. The Kier molecular flexibility index (Phi) is 5.64. The molecular weight excluding hydrogens is 247 g/mol. The molecule has 1 fully saturated rings. The van der Waals surface area contributed by atoms with Gasteiger partial charge in [-0.3, -0.25) is 0 Å². The molecule has 0 radical (unpaired) electrons. The fraction of sp³-hybridized carbons (Fsp3) is 1.00. The maximum Gasteiger partial charge on any atom is 0.441 e. The molecule has 0 aromatic heterocycles. The van der Waals surface area contributed by atoms with Crippen LogP contribution in [0.25, 0.3) is 0 Å². The number of thioether (sulfide) groups is 1. The molecule has 0 amide bonds. The highest BCUT2D eigenvalue weighted by Gasteiger charge is 2.41. The summed E-state index contributed by atoms with van der Waals surface area (Å²) in [6, 6.07) is 0. The Hall–Kier alpha value is 0.100. The predicted octanol–water partition coefficient (Wildman–Crippen LogP) is 4.05. The SMILES string of the molecule is CCCNCC(C)(CCSC(F)(F)F)C1CC1. The molecule has 102 valence electrons. The van der Waals surface area contributed by atoms with Gasteiger partial charge in [0.15, 0.2) is 0 Å². The molecule has 1 unspecified atom stereocenters. The lowest BCUT2D eigenvalue weighted by Gasteiger charge is -2.30. The van der Waals surface area contributed by atoms with E-state index in [1.807, 2.05) is 0 Å². The molecule has 1 N–H and O–H groups in total. The average molecular weight is 269 g/mol. The fourth-order valence-corrected chi connectivity index (χ4v) is 2.97. The molecule has 5 heteroatoms. The minimum absolute atomic E-state index is 0.0490. The number of rotatable bonds is 8. The molecule has 0 saturated heterocycles. The first-order chi connectivity index (χ1) is 7.87. The van der Waals surface area contributed by atoms with Crippen molar-refractivity contribution in [1.29, 1.82) is 0 Å². The third kappa shape index (κ3) is 6.00. The van der Waals surface area contributed by atoms with Gasteiger partial charge in [0.1, 0.15) is 0 Å². The zero-order valence-corrected chi connectivity index (χ0v) is 11.4. The second kappa shape index (κ2) is 6.32. The molecule has 1 saturated carbocycles.